The van der Waals surface area contributed by atoms with Crippen LogP contribution in [0.5, 0.6) is 0 Å². The van der Waals surface area contributed by atoms with Gasteiger partial charge in [0.2, 0.25) is 0 Å². The molecule has 0 saturated heterocycles. The van der Waals surface area contributed by atoms with Crippen molar-refractivity contribution >= 4 is 23.1 Å². The molecule has 2 N–H and O–H groups in total. The normalized spacial score (nSPS) is 9.88. The number of anilines is 1. The molecule has 0 unspecified atom stereocenters. The van der Waals surface area contributed by atoms with Gasteiger partial charge in [0, 0.05) is 4.88 Å². The number of hydrogen-bond donors (Lipinski definition) is 2. The highest BCUT2D eigenvalue weighted by atomic mass is 32.1. The number of carbonyl (C=O) groups is 1. The van der Waals surface area contributed by atoms with Crippen molar-refractivity contribution in [1.82, 2.24) is 10.2 Å². The van der Waals surface area contributed by atoms with E-state index in [2.05, 4.69) is 15.5 Å². The van der Waals surface area contributed by atoms with Gasteiger partial charge in [-0.05, 0) is 18.6 Å². The number of amides is 1. The van der Waals surface area contributed by atoms with Gasteiger partial charge in [-0.2, -0.15) is 10.4 Å². The Bertz CT molecular complexity index is 578. The van der Waals surface area contributed by atoms with Gasteiger partial charge in [-0.1, -0.05) is 6.92 Å². The fourth-order valence-corrected chi connectivity index (χ4v) is 2.17. The zero-order valence-electron chi connectivity index (χ0n) is 9.15. The lowest BCUT2D eigenvalue weighted by Crippen LogP contribution is -2.11. The molecule has 0 aliphatic rings. The number of H-pyrrole nitrogens is 1. The van der Waals surface area contributed by atoms with Gasteiger partial charge in [-0.25, -0.2) is 0 Å². The number of aromatic amines is 1. The van der Waals surface area contributed by atoms with Crippen LogP contribution in [-0.4, -0.2) is 16.1 Å². The van der Waals surface area contributed by atoms with Crippen molar-refractivity contribution in [3.05, 3.63) is 33.6 Å². The Morgan fingerprint density at radius 2 is 2.47 bits per heavy atom. The van der Waals surface area contributed by atoms with Gasteiger partial charge >= 0.3 is 0 Å². The van der Waals surface area contributed by atoms with Crippen LogP contribution in [0.4, 0.5) is 5.82 Å². The van der Waals surface area contributed by atoms with Crippen LogP contribution in [0.25, 0.3) is 0 Å². The molecule has 5 nitrogen and oxygen atoms in total. The van der Waals surface area contributed by atoms with Crippen molar-refractivity contribution in [3.63, 3.8) is 0 Å². The van der Waals surface area contributed by atoms with Crippen molar-refractivity contribution in [2.75, 3.05) is 5.32 Å². The highest BCUT2D eigenvalue weighted by Crippen LogP contribution is 2.19. The first-order chi connectivity index (χ1) is 8.24. The number of aryl methyl sites for hydroxylation is 1. The van der Waals surface area contributed by atoms with E-state index in [1.165, 1.54) is 17.5 Å². The van der Waals surface area contributed by atoms with Crippen molar-refractivity contribution in [3.8, 4) is 6.07 Å². The van der Waals surface area contributed by atoms with E-state index in [-0.39, 0.29) is 5.91 Å². The topological polar surface area (TPSA) is 81.6 Å². The molecule has 0 aromatic carbocycles. The molecule has 0 saturated carbocycles. The summed E-state index contributed by atoms with van der Waals surface area (Å²) in [4.78, 5) is 13.6. The maximum atomic E-state index is 11.9. The predicted octanol–water partition coefficient (Wildman–Crippen LogP) is 2.16. The van der Waals surface area contributed by atoms with E-state index in [1.807, 2.05) is 19.1 Å². The van der Waals surface area contributed by atoms with E-state index >= 15 is 0 Å². The fourth-order valence-electron chi connectivity index (χ4n) is 1.33. The number of hydrogen-bond acceptors (Lipinski definition) is 4. The number of carbonyl (C=O) groups excluding carboxylic acids is 1. The molecule has 0 aliphatic carbocycles. The predicted molar refractivity (Wildman–Crippen MR) is 65.0 cm³/mol. The first kappa shape index (κ1) is 11.4. The Morgan fingerprint density at radius 3 is 3.12 bits per heavy atom. The summed E-state index contributed by atoms with van der Waals surface area (Å²) in [6.45, 7) is 2.04. The minimum Gasteiger partial charge on any atom is -0.305 e. The zero-order chi connectivity index (χ0) is 12.3. The highest BCUT2D eigenvalue weighted by molar-refractivity contribution is 7.14. The molecule has 0 atom stereocenters. The molecule has 0 bridgehead atoms. The van der Waals surface area contributed by atoms with Crippen LogP contribution >= 0.6 is 11.3 Å². The third-order valence-corrected chi connectivity index (χ3v) is 3.46. The molecule has 0 aliphatic heterocycles. The van der Waals surface area contributed by atoms with Gasteiger partial charge < -0.3 is 5.32 Å². The Labute approximate surface area is 102 Å². The third-order valence-electron chi connectivity index (χ3n) is 2.23. The summed E-state index contributed by atoms with van der Waals surface area (Å²) in [6.07, 6.45) is 2.28. The highest BCUT2D eigenvalue weighted by Gasteiger charge is 2.12. The minimum atomic E-state index is -0.226. The smallest absolute Gasteiger partial charge is 0.266 e. The average Bonchev–Trinajstić information content (AvgIpc) is 2.96. The zero-order valence-corrected chi connectivity index (χ0v) is 9.97. The van der Waals surface area contributed by atoms with Crippen molar-refractivity contribution < 1.29 is 4.79 Å². The molecule has 6 heteroatoms. The first-order valence-corrected chi connectivity index (χ1v) is 5.89. The number of thiophene rings is 1. The van der Waals surface area contributed by atoms with Crippen molar-refractivity contribution in [1.29, 1.82) is 5.26 Å². The number of rotatable bonds is 3. The first-order valence-electron chi connectivity index (χ1n) is 5.08. The lowest BCUT2D eigenvalue weighted by atomic mass is 10.3. The Hall–Kier alpha value is -2.13. The summed E-state index contributed by atoms with van der Waals surface area (Å²) in [5.74, 6) is 0.111. The maximum Gasteiger partial charge on any atom is 0.266 e. The minimum absolute atomic E-state index is 0.226. The van der Waals surface area contributed by atoms with Crippen LogP contribution in [0.3, 0.4) is 0 Å². The Kier molecular flexibility index (Phi) is 3.21. The molecule has 2 aromatic rings. The van der Waals surface area contributed by atoms with Crippen LogP contribution in [-0.2, 0) is 6.42 Å². The number of aromatic nitrogens is 2. The van der Waals surface area contributed by atoms with Crippen LogP contribution in [0.2, 0.25) is 0 Å². The molecular formula is C11H10N4OS. The molecule has 2 heterocycles. The largest absolute Gasteiger partial charge is 0.305 e. The van der Waals surface area contributed by atoms with E-state index < -0.39 is 0 Å². The lowest BCUT2D eigenvalue weighted by Gasteiger charge is -1.99. The number of nitriles is 1. The molecule has 1 amide bonds. The van der Waals surface area contributed by atoms with Gasteiger partial charge in [-0.3, -0.25) is 9.89 Å². The monoisotopic (exact) mass is 246 g/mol. The van der Waals surface area contributed by atoms with Crippen LogP contribution in [0.15, 0.2) is 18.3 Å². The number of nitrogens with zero attached hydrogens (tertiary/aromatic N) is 2. The molecule has 2 aromatic heterocycles. The summed E-state index contributed by atoms with van der Waals surface area (Å²) < 4.78 is 0. The van der Waals surface area contributed by atoms with Gasteiger partial charge in [0.15, 0.2) is 0 Å². The van der Waals surface area contributed by atoms with Gasteiger partial charge in [0.1, 0.15) is 17.5 Å². The Morgan fingerprint density at radius 1 is 1.65 bits per heavy atom. The molecule has 0 radical (unpaired) electrons. The van der Waals surface area contributed by atoms with Gasteiger partial charge in [0.05, 0.1) is 11.1 Å². The summed E-state index contributed by atoms with van der Waals surface area (Å²) in [5.41, 5.74) is 0.325. The van der Waals surface area contributed by atoms with Gasteiger partial charge in [0.25, 0.3) is 5.91 Å². The molecular weight excluding hydrogens is 236 g/mol. The second kappa shape index (κ2) is 4.80. The standard InChI is InChI=1S/C11H10N4OS/c1-2-8-3-4-9(17-8)11(16)14-10-7(5-12)6-13-15-10/h3-4,6H,2H2,1H3,(H2,13,14,15,16). The average molecular weight is 246 g/mol. The van der Waals surface area contributed by atoms with Gasteiger partial charge in [-0.15, -0.1) is 11.3 Å². The maximum absolute atomic E-state index is 11.9. The SMILES string of the molecule is CCc1ccc(C(=O)Nc2[nH]ncc2C#N)s1. The molecule has 0 spiro atoms. The van der Waals surface area contributed by atoms with E-state index in [0.717, 1.165) is 11.3 Å². The van der Waals surface area contributed by atoms with E-state index in [9.17, 15) is 4.79 Å². The second-order valence-corrected chi connectivity index (χ2v) is 4.51. The lowest BCUT2D eigenvalue weighted by molar-refractivity contribution is 0.103. The summed E-state index contributed by atoms with van der Waals surface area (Å²) in [6, 6.07) is 5.65. The second-order valence-electron chi connectivity index (χ2n) is 3.34. The van der Waals surface area contributed by atoms with E-state index in [4.69, 9.17) is 5.26 Å². The molecule has 2 rings (SSSR count). The van der Waals surface area contributed by atoms with E-state index in [1.54, 1.807) is 6.07 Å². The fraction of sp³-hybridized carbons (Fsp3) is 0.182. The van der Waals surface area contributed by atoms with Crippen molar-refractivity contribution in [2.45, 2.75) is 13.3 Å². The quantitative estimate of drug-likeness (QED) is 0.870. The Balaban J connectivity index is 2.15. The molecule has 17 heavy (non-hydrogen) atoms. The summed E-state index contributed by atoms with van der Waals surface area (Å²) in [7, 11) is 0. The third kappa shape index (κ3) is 2.34. The van der Waals surface area contributed by atoms with Crippen LogP contribution in [0, 0.1) is 11.3 Å². The molecule has 86 valence electrons. The summed E-state index contributed by atoms with van der Waals surface area (Å²) >= 11 is 1.45. The molecule has 0 fully saturated rings. The number of nitrogens with one attached hydrogen (secondary N) is 2. The van der Waals surface area contributed by atoms with Crippen LogP contribution < -0.4 is 5.32 Å². The van der Waals surface area contributed by atoms with E-state index in [0.29, 0.717) is 16.3 Å². The van der Waals surface area contributed by atoms with Crippen molar-refractivity contribution in [2.24, 2.45) is 0 Å². The summed E-state index contributed by atoms with van der Waals surface area (Å²) in [5, 5.41) is 17.7. The van der Waals surface area contributed by atoms with Crippen LogP contribution in [0.1, 0.15) is 27.0 Å².